The van der Waals surface area contributed by atoms with Crippen LogP contribution in [0, 0.1) is 13.8 Å². The summed E-state index contributed by atoms with van der Waals surface area (Å²) in [5.41, 5.74) is 3.94. The van der Waals surface area contributed by atoms with Gasteiger partial charge in [-0.15, -0.1) is 0 Å². The molecule has 0 saturated carbocycles. The van der Waals surface area contributed by atoms with Gasteiger partial charge in [-0.1, -0.05) is 19.9 Å². The van der Waals surface area contributed by atoms with E-state index in [4.69, 9.17) is 4.74 Å². The van der Waals surface area contributed by atoms with Gasteiger partial charge < -0.3 is 10.1 Å². The minimum atomic E-state index is -0.0401. The smallest absolute Gasteiger partial charge is 0.125 e. The summed E-state index contributed by atoms with van der Waals surface area (Å²) in [5, 5.41) is 3.60. The van der Waals surface area contributed by atoms with Crippen LogP contribution in [0.15, 0.2) is 12.1 Å². The molecule has 2 nitrogen and oxygen atoms in total. The maximum absolute atomic E-state index is 6.24. The zero-order chi connectivity index (χ0) is 13.3. The lowest BCUT2D eigenvalue weighted by Crippen LogP contribution is -2.41. The number of hydrogen-bond donors (Lipinski definition) is 1. The van der Waals surface area contributed by atoms with Gasteiger partial charge in [0.1, 0.15) is 11.4 Å². The first-order valence-electron chi connectivity index (χ1n) is 7.02. The van der Waals surface area contributed by atoms with Crippen molar-refractivity contribution in [3.05, 3.63) is 28.8 Å². The summed E-state index contributed by atoms with van der Waals surface area (Å²) in [6.07, 6.45) is 2.09. The van der Waals surface area contributed by atoms with E-state index in [-0.39, 0.29) is 5.60 Å². The van der Waals surface area contributed by atoms with Crippen LogP contribution in [0.5, 0.6) is 5.75 Å². The summed E-state index contributed by atoms with van der Waals surface area (Å²) in [6.45, 7) is 11.9. The molecule has 1 aromatic rings. The van der Waals surface area contributed by atoms with Crippen LogP contribution in [0.25, 0.3) is 0 Å². The van der Waals surface area contributed by atoms with E-state index in [1.165, 1.54) is 16.7 Å². The van der Waals surface area contributed by atoms with Crippen molar-refractivity contribution in [3.63, 3.8) is 0 Å². The number of aryl methyl sites for hydroxylation is 2. The second-order valence-corrected chi connectivity index (χ2v) is 5.69. The Morgan fingerprint density at radius 1 is 1.28 bits per heavy atom. The molecule has 1 aromatic carbocycles. The normalized spacial score (nSPS) is 26.6. The first-order chi connectivity index (χ1) is 8.49. The molecule has 0 amide bonds. The van der Waals surface area contributed by atoms with Crippen LogP contribution < -0.4 is 10.1 Å². The quantitative estimate of drug-likeness (QED) is 0.874. The lowest BCUT2D eigenvalue weighted by atomic mass is 9.85. The summed E-state index contributed by atoms with van der Waals surface area (Å²) in [4.78, 5) is 0. The Balaban J connectivity index is 2.44. The van der Waals surface area contributed by atoms with E-state index in [0.29, 0.717) is 6.04 Å². The van der Waals surface area contributed by atoms with Crippen LogP contribution in [0.4, 0.5) is 0 Å². The fourth-order valence-electron chi connectivity index (χ4n) is 2.67. The fraction of sp³-hybridized carbons (Fsp3) is 0.625. The standard InChI is InChI=1S/C16H25NO/c1-6-16(5)10-14(17-7-2)13-8-11(3)12(4)9-15(13)18-16/h8-9,14,17H,6-7,10H2,1-5H3. The van der Waals surface area contributed by atoms with Crippen LogP contribution in [0.2, 0.25) is 0 Å². The Kier molecular flexibility index (Phi) is 3.67. The van der Waals surface area contributed by atoms with Gasteiger partial charge in [-0.05, 0) is 50.9 Å². The zero-order valence-corrected chi connectivity index (χ0v) is 12.3. The Labute approximate surface area is 111 Å². The van der Waals surface area contributed by atoms with Crippen LogP contribution in [0.3, 0.4) is 0 Å². The largest absolute Gasteiger partial charge is 0.487 e. The molecule has 0 aromatic heterocycles. The lowest BCUT2D eigenvalue weighted by Gasteiger charge is -2.40. The maximum Gasteiger partial charge on any atom is 0.125 e. The summed E-state index contributed by atoms with van der Waals surface area (Å²) >= 11 is 0. The first-order valence-corrected chi connectivity index (χ1v) is 7.02. The Morgan fingerprint density at radius 2 is 1.94 bits per heavy atom. The average molecular weight is 247 g/mol. The van der Waals surface area contributed by atoms with E-state index in [1.54, 1.807) is 0 Å². The monoisotopic (exact) mass is 247 g/mol. The lowest BCUT2D eigenvalue weighted by molar-refractivity contribution is 0.0444. The Morgan fingerprint density at radius 3 is 2.56 bits per heavy atom. The number of nitrogens with one attached hydrogen (secondary N) is 1. The van der Waals surface area contributed by atoms with Gasteiger partial charge in [0.15, 0.2) is 0 Å². The molecule has 1 aliphatic heterocycles. The molecule has 1 N–H and O–H groups in total. The highest BCUT2D eigenvalue weighted by Crippen LogP contribution is 2.42. The highest BCUT2D eigenvalue weighted by Gasteiger charge is 2.35. The van der Waals surface area contributed by atoms with Gasteiger partial charge in [-0.25, -0.2) is 0 Å². The van der Waals surface area contributed by atoms with Crippen molar-refractivity contribution in [2.45, 2.75) is 59.1 Å². The third-order valence-corrected chi connectivity index (χ3v) is 4.19. The molecule has 0 radical (unpaired) electrons. The van der Waals surface area contributed by atoms with Crippen molar-refractivity contribution >= 4 is 0 Å². The highest BCUT2D eigenvalue weighted by atomic mass is 16.5. The molecular formula is C16H25NO. The van der Waals surface area contributed by atoms with E-state index < -0.39 is 0 Å². The highest BCUT2D eigenvalue weighted by molar-refractivity contribution is 5.45. The van der Waals surface area contributed by atoms with Crippen molar-refractivity contribution in [2.75, 3.05) is 6.54 Å². The SMILES string of the molecule is CCNC1CC(C)(CC)Oc2cc(C)c(C)cc21. The van der Waals surface area contributed by atoms with Gasteiger partial charge in [-0.2, -0.15) is 0 Å². The van der Waals surface area contributed by atoms with Gasteiger partial charge in [0.25, 0.3) is 0 Å². The summed E-state index contributed by atoms with van der Waals surface area (Å²) in [5.74, 6) is 1.07. The van der Waals surface area contributed by atoms with Crippen LogP contribution in [-0.4, -0.2) is 12.1 Å². The minimum Gasteiger partial charge on any atom is -0.487 e. The predicted molar refractivity (Wildman–Crippen MR) is 76.3 cm³/mol. The van der Waals surface area contributed by atoms with Gasteiger partial charge in [0.05, 0.1) is 0 Å². The number of benzene rings is 1. The summed E-state index contributed by atoms with van der Waals surface area (Å²) in [7, 11) is 0. The van der Waals surface area contributed by atoms with E-state index in [2.05, 4.69) is 52.1 Å². The molecule has 2 heteroatoms. The zero-order valence-electron chi connectivity index (χ0n) is 12.3. The van der Waals surface area contributed by atoms with Gasteiger partial charge >= 0.3 is 0 Å². The maximum atomic E-state index is 6.24. The molecule has 100 valence electrons. The van der Waals surface area contributed by atoms with E-state index in [1.807, 2.05) is 0 Å². The molecule has 0 bridgehead atoms. The minimum absolute atomic E-state index is 0.0401. The van der Waals surface area contributed by atoms with Crippen molar-refractivity contribution in [1.29, 1.82) is 0 Å². The molecule has 18 heavy (non-hydrogen) atoms. The molecule has 2 unspecified atom stereocenters. The number of rotatable bonds is 3. The molecular weight excluding hydrogens is 222 g/mol. The van der Waals surface area contributed by atoms with Gasteiger partial charge in [-0.3, -0.25) is 0 Å². The number of ether oxygens (including phenoxy) is 1. The Bertz CT molecular complexity index is 441. The van der Waals surface area contributed by atoms with Crippen molar-refractivity contribution in [1.82, 2.24) is 5.32 Å². The second-order valence-electron chi connectivity index (χ2n) is 5.69. The Hall–Kier alpha value is -1.02. The summed E-state index contributed by atoms with van der Waals surface area (Å²) < 4.78 is 6.24. The molecule has 1 heterocycles. The average Bonchev–Trinajstić information content (AvgIpc) is 2.32. The van der Waals surface area contributed by atoms with Crippen molar-refractivity contribution < 1.29 is 4.74 Å². The van der Waals surface area contributed by atoms with Crippen molar-refractivity contribution in [2.24, 2.45) is 0 Å². The third kappa shape index (κ3) is 2.39. The van der Waals surface area contributed by atoms with Crippen LogP contribution >= 0.6 is 0 Å². The second kappa shape index (κ2) is 4.93. The predicted octanol–water partition coefficient (Wildman–Crippen LogP) is 3.91. The molecule has 2 atom stereocenters. The molecule has 0 spiro atoms. The molecule has 2 rings (SSSR count). The molecule has 1 aliphatic rings. The van der Waals surface area contributed by atoms with Gasteiger partial charge in [0.2, 0.25) is 0 Å². The number of hydrogen-bond acceptors (Lipinski definition) is 2. The van der Waals surface area contributed by atoms with Gasteiger partial charge in [0, 0.05) is 18.0 Å². The first kappa shape index (κ1) is 13.4. The van der Waals surface area contributed by atoms with Crippen LogP contribution in [-0.2, 0) is 0 Å². The molecule has 0 aliphatic carbocycles. The van der Waals surface area contributed by atoms with Crippen molar-refractivity contribution in [3.8, 4) is 5.75 Å². The molecule has 0 saturated heterocycles. The van der Waals surface area contributed by atoms with E-state index >= 15 is 0 Å². The van der Waals surface area contributed by atoms with Crippen LogP contribution in [0.1, 0.15) is 56.3 Å². The number of fused-ring (bicyclic) bond motifs is 1. The topological polar surface area (TPSA) is 21.3 Å². The fourth-order valence-corrected chi connectivity index (χ4v) is 2.67. The van der Waals surface area contributed by atoms with E-state index in [9.17, 15) is 0 Å². The summed E-state index contributed by atoms with van der Waals surface area (Å²) in [6, 6.07) is 4.90. The van der Waals surface area contributed by atoms with E-state index in [0.717, 1.165) is 25.1 Å². The third-order valence-electron chi connectivity index (χ3n) is 4.19. The molecule has 0 fully saturated rings.